The monoisotopic (exact) mass is 462 g/mol. The summed E-state index contributed by atoms with van der Waals surface area (Å²) in [6.07, 6.45) is 1.34. The van der Waals surface area contributed by atoms with Crippen LogP contribution >= 0.6 is 12.2 Å². The average Bonchev–Trinajstić information content (AvgIpc) is 3.25. The molecule has 4 rings (SSSR count). The first-order valence-corrected chi connectivity index (χ1v) is 10.2. The topological polar surface area (TPSA) is 109 Å². The number of aryl methyl sites for hydroxylation is 1. The molecule has 9 heteroatoms. The molecular weight excluding hydrogens is 444 g/mol. The van der Waals surface area contributed by atoms with Crippen LogP contribution in [0.15, 0.2) is 64.6 Å². The second-order valence-corrected chi connectivity index (χ2v) is 7.55. The van der Waals surface area contributed by atoms with Gasteiger partial charge in [-0.05, 0) is 67.2 Å². The van der Waals surface area contributed by atoms with E-state index in [2.05, 4.69) is 5.32 Å². The van der Waals surface area contributed by atoms with Gasteiger partial charge in [0.05, 0.1) is 18.4 Å². The highest BCUT2D eigenvalue weighted by Crippen LogP contribution is 2.32. The van der Waals surface area contributed by atoms with E-state index in [9.17, 15) is 14.4 Å². The number of nitrogens with zero attached hydrogens (tertiary/aromatic N) is 1. The summed E-state index contributed by atoms with van der Waals surface area (Å²) in [5.74, 6) is -1.11. The molecule has 166 valence electrons. The number of benzene rings is 2. The van der Waals surface area contributed by atoms with Gasteiger partial charge in [0.1, 0.15) is 22.8 Å². The van der Waals surface area contributed by atoms with E-state index in [0.29, 0.717) is 28.3 Å². The molecule has 2 heterocycles. The lowest BCUT2D eigenvalue weighted by Crippen LogP contribution is -2.54. The number of carboxylic acids is 1. The molecule has 1 aliphatic heterocycles. The largest absolute Gasteiger partial charge is 0.495 e. The van der Waals surface area contributed by atoms with Crippen LogP contribution < -0.4 is 15.0 Å². The number of ether oxygens (including phenoxy) is 1. The first-order chi connectivity index (χ1) is 15.8. The van der Waals surface area contributed by atoms with Gasteiger partial charge in [0, 0.05) is 5.56 Å². The number of carbonyl (C=O) groups excluding carboxylic acids is 2. The Hall–Kier alpha value is -4.24. The minimum atomic E-state index is -1.02. The summed E-state index contributed by atoms with van der Waals surface area (Å²) in [5.41, 5.74) is 1.81. The SMILES string of the molecule is COc1ccccc1N1C(=O)/C(=C/c2ccc(-c3ccc(C(=O)O)cc3C)o2)C(=O)NC1=S. The van der Waals surface area contributed by atoms with Crippen molar-refractivity contribution in [3.05, 3.63) is 77.1 Å². The molecule has 0 spiro atoms. The maximum Gasteiger partial charge on any atom is 0.335 e. The number of carboxylic acid groups (broad SMARTS) is 1. The number of hydrogen-bond acceptors (Lipinski definition) is 6. The van der Waals surface area contributed by atoms with Gasteiger partial charge in [0.2, 0.25) is 0 Å². The zero-order valence-electron chi connectivity index (χ0n) is 17.6. The fraction of sp³-hybridized carbons (Fsp3) is 0.0833. The molecule has 0 atom stereocenters. The molecule has 0 radical (unpaired) electrons. The molecule has 2 N–H and O–H groups in total. The highest BCUT2D eigenvalue weighted by molar-refractivity contribution is 7.80. The van der Waals surface area contributed by atoms with Gasteiger partial charge in [0.25, 0.3) is 11.8 Å². The zero-order chi connectivity index (χ0) is 23.7. The van der Waals surface area contributed by atoms with Crippen LogP contribution in [-0.4, -0.2) is 35.1 Å². The lowest BCUT2D eigenvalue weighted by Gasteiger charge is -2.29. The van der Waals surface area contributed by atoms with Crippen LogP contribution in [0, 0.1) is 6.92 Å². The number of rotatable bonds is 5. The fourth-order valence-electron chi connectivity index (χ4n) is 3.48. The zero-order valence-corrected chi connectivity index (χ0v) is 18.4. The third kappa shape index (κ3) is 4.13. The molecule has 1 saturated heterocycles. The van der Waals surface area contributed by atoms with E-state index >= 15 is 0 Å². The highest BCUT2D eigenvalue weighted by atomic mass is 32.1. The maximum absolute atomic E-state index is 13.2. The molecule has 1 aromatic heterocycles. The van der Waals surface area contributed by atoms with Gasteiger partial charge in [-0.3, -0.25) is 14.9 Å². The molecule has 33 heavy (non-hydrogen) atoms. The summed E-state index contributed by atoms with van der Waals surface area (Å²) >= 11 is 5.22. The van der Waals surface area contributed by atoms with Crippen molar-refractivity contribution in [3.8, 4) is 17.1 Å². The number of amides is 2. The molecule has 1 aliphatic rings. The van der Waals surface area contributed by atoms with E-state index in [1.807, 2.05) is 0 Å². The van der Waals surface area contributed by atoms with Gasteiger partial charge in [0.15, 0.2) is 5.11 Å². The van der Waals surface area contributed by atoms with E-state index in [-0.39, 0.29) is 22.0 Å². The second kappa shape index (κ2) is 8.71. The number of anilines is 1. The predicted octanol–water partition coefficient (Wildman–Crippen LogP) is 3.79. The third-order valence-electron chi connectivity index (χ3n) is 5.08. The van der Waals surface area contributed by atoms with Crippen molar-refractivity contribution in [1.82, 2.24) is 5.32 Å². The summed E-state index contributed by atoms with van der Waals surface area (Å²) in [4.78, 5) is 38.1. The second-order valence-electron chi connectivity index (χ2n) is 7.17. The van der Waals surface area contributed by atoms with E-state index in [1.54, 1.807) is 55.5 Å². The van der Waals surface area contributed by atoms with E-state index < -0.39 is 17.8 Å². The average molecular weight is 462 g/mol. The summed E-state index contributed by atoms with van der Waals surface area (Å²) in [6.45, 7) is 1.77. The normalized spacial score (nSPS) is 15.0. The molecule has 1 fully saturated rings. The van der Waals surface area contributed by atoms with Crippen molar-refractivity contribution in [3.63, 3.8) is 0 Å². The number of aromatic carboxylic acids is 1. The Labute approximate surface area is 194 Å². The molecule has 2 amide bonds. The Morgan fingerprint density at radius 3 is 2.61 bits per heavy atom. The van der Waals surface area contributed by atoms with Crippen LogP contribution in [0.25, 0.3) is 17.4 Å². The minimum absolute atomic E-state index is 0.0547. The molecule has 8 nitrogen and oxygen atoms in total. The summed E-state index contributed by atoms with van der Waals surface area (Å²) in [7, 11) is 1.47. The van der Waals surface area contributed by atoms with Gasteiger partial charge < -0.3 is 14.3 Å². The third-order valence-corrected chi connectivity index (χ3v) is 5.36. The number of carbonyl (C=O) groups is 3. The van der Waals surface area contributed by atoms with Crippen LogP contribution in [0.1, 0.15) is 21.7 Å². The molecule has 0 aliphatic carbocycles. The van der Waals surface area contributed by atoms with Crippen LogP contribution in [-0.2, 0) is 9.59 Å². The Morgan fingerprint density at radius 2 is 1.91 bits per heavy atom. The molecule has 3 aromatic rings. The van der Waals surface area contributed by atoms with Crippen molar-refractivity contribution >= 4 is 46.9 Å². The Balaban J connectivity index is 1.68. The van der Waals surface area contributed by atoms with Crippen molar-refractivity contribution in [1.29, 1.82) is 0 Å². The van der Waals surface area contributed by atoms with Crippen LogP contribution in [0.2, 0.25) is 0 Å². The Morgan fingerprint density at radius 1 is 1.15 bits per heavy atom. The quantitative estimate of drug-likeness (QED) is 0.337. The van der Waals surface area contributed by atoms with Crippen molar-refractivity contribution in [2.75, 3.05) is 12.0 Å². The van der Waals surface area contributed by atoms with E-state index in [4.69, 9.17) is 26.5 Å². The van der Waals surface area contributed by atoms with Crippen LogP contribution in [0.5, 0.6) is 5.75 Å². The van der Waals surface area contributed by atoms with E-state index in [0.717, 1.165) is 0 Å². The number of thiocarbonyl (C=S) groups is 1. The van der Waals surface area contributed by atoms with Crippen LogP contribution in [0.3, 0.4) is 0 Å². The minimum Gasteiger partial charge on any atom is -0.495 e. The first-order valence-electron chi connectivity index (χ1n) is 9.78. The maximum atomic E-state index is 13.2. The summed E-state index contributed by atoms with van der Waals surface area (Å²) in [6, 6.07) is 14.8. The number of hydrogen-bond donors (Lipinski definition) is 2. The van der Waals surface area contributed by atoms with E-state index in [1.165, 1.54) is 24.2 Å². The fourth-order valence-corrected chi connectivity index (χ4v) is 3.76. The van der Waals surface area contributed by atoms with Crippen molar-refractivity contribution in [2.45, 2.75) is 6.92 Å². The summed E-state index contributed by atoms with van der Waals surface area (Å²) in [5, 5.41) is 11.6. The van der Waals surface area contributed by atoms with Gasteiger partial charge in [-0.2, -0.15) is 0 Å². The first kappa shape index (κ1) is 22.0. The predicted molar refractivity (Wildman–Crippen MR) is 125 cm³/mol. The number of nitrogens with one attached hydrogen (secondary N) is 1. The van der Waals surface area contributed by atoms with Gasteiger partial charge in [-0.15, -0.1) is 0 Å². The molecule has 0 unspecified atom stereocenters. The molecule has 0 bridgehead atoms. The van der Waals surface area contributed by atoms with Gasteiger partial charge >= 0.3 is 5.97 Å². The lowest BCUT2D eigenvalue weighted by molar-refractivity contribution is -0.122. The van der Waals surface area contributed by atoms with Gasteiger partial charge in [-0.25, -0.2) is 9.69 Å². The lowest BCUT2D eigenvalue weighted by atomic mass is 10.0. The Kier molecular flexibility index (Phi) is 5.80. The smallest absolute Gasteiger partial charge is 0.335 e. The Bertz CT molecular complexity index is 1340. The number of para-hydroxylation sites is 2. The van der Waals surface area contributed by atoms with Crippen molar-refractivity contribution < 1.29 is 28.6 Å². The van der Waals surface area contributed by atoms with Crippen LogP contribution in [0.4, 0.5) is 5.69 Å². The highest BCUT2D eigenvalue weighted by Gasteiger charge is 2.36. The summed E-state index contributed by atoms with van der Waals surface area (Å²) < 4.78 is 11.2. The standard InChI is InChI=1S/C24H18N2O6S/c1-13-11-14(23(29)30)7-9-16(13)19-10-8-15(32-19)12-17-21(27)25-24(33)26(22(17)28)18-5-3-4-6-20(18)31-2/h3-12H,1-2H3,(H,29,30)(H,25,27,33)/b17-12+. The molecule has 0 saturated carbocycles. The molecular formula is C24H18N2O6S. The number of methoxy groups -OCH3 is 1. The number of furan rings is 1. The van der Waals surface area contributed by atoms with Gasteiger partial charge in [-0.1, -0.05) is 18.2 Å². The molecule has 2 aromatic carbocycles. The van der Waals surface area contributed by atoms with Crippen molar-refractivity contribution in [2.24, 2.45) is 0 Å².